The number of anilines is 2. The lowest BCUT2D eigenvalue weighted by atomic mass is 9.97. The molecule has 0 radical (unpaired) electrons. The summed E-state index contributed by atoms with van der Waals surface area (Å²) in [6.07, 6.45) is 4.38. The first-order valence-corrected chi connectivity index (χ1v) is 12.8. The number of pyridine rings is 1. The monoisotopic (exact) mass is 491 g/mol. The van der Waals surface area contributed by atoms with Gasteiger partial charge in [0.05, 0.1) is 43.5 Å². The molecule has 9 nitrogen and oxygen atoms in total. The normalized spacial score (nSPS) is 22.2. The molecule has 4 fully saturated rings. The second-order valence-corrected chi connectivity index (χ2v) is 9.89. The number of ether oxygens (including phenoxy) is 3. The summed E-state index contributed by atoms with van der Waals surface area (Å²) in [6, 6.07) is 10.5. The molecule has 0 amide bonds. The topological polar surface area (TPSA) is 93.1 Å². The summed E-state index contributed by atoms with van der Waals surface area (Å²) in [5.41, 5.74) is 3.11. The summed E-state index contributed by atoms with van der Waals surface area (Å²) < 4.78 is 16.9. The Balaban J connectivity index is 1.45. The number of hydrogen-bond acceptors (Lipinski definition) is 9. The van der Waals surface area contributed by atoms with Crippen LogP contribution in [0.3, 0.4) is 0 Å². The standard InChI is InChI=1S/C27H33N5O4/c1-31(19-9-11-35-12-10-19)27-29-25-22(26(30-27)32-14-21-5-4-20(32)16-36-21)6-7-23(28-25)17-3-8-24(34-2)18(13-17)15-33/h3,6-8,13,19-21,33H,4-5,9-12,14-16H2,1-2H3. The van der Waals surface area contributed by atoms with Crippen LogP contribution in [0.5, 0.6) is 5.75 Å². The van der Waals surface area contributed by atoms with Crippen molar-refractivity contribution in [2.24, 2.45) is 0 Å². The van der Waals surface area contributed by atoms with Gasteiger partial charge in [-0.3, -0.25) is 0 Å². The Hall–Kier alpha value is -3.01. The molecule has 4 saturated heterocycles. The van der Waals surface area contributed by atoms with Crippen LogP contribution in [0.15, 0.2) is 30.3 Å². The average Bonchev–Trinajstić information content (AvgIpc) is 2.96. The highest BCUT2D eigenvalue weighted by Gasteiger charge is 2.36. The van der Waals surface area contributed by atoms with Crippen molar-refractivity contribution in [2.75, 3.05) is 50.3 Å². The number of morpholine rings is 1. The molecule has 2 bridgehead atoms. The molecular weight excluding hydrogens is 458 g/mol. The number of nitrogens with zero attached hydrogens (tertiary/aromatic N) is 5. The van der Waals surface area contributed by atoms with E-state index in [-0.39, 0.29) is 12.7 Å². The molecule has 2 aromatic heterocycles. The van der Waals surface area contributed by atoms with E-state index < -0.39 is 0 Å². The summed E-state index contributed by atoms with van der Waals surface area (Å²) in [6.45, 7) is 3.00. The maximum atomic E-state index is 9.80. The second-order valence-electron chi connectivity index (χ2n) is 9.89. The third kappa shape index (κ3) is 4.25. The maximum absolute atomic E-state index is 9.80. The molecule has 3 aromatic rings. The van der Waals surface area contributed by atoms with Crippen LogP contribution in [0.2, 0.25) is 0 Å². The number of methoxy groups -OCH3 is 1. The number of aromatic nitrogens is 3. The van der Waals surface area contributed by atoms with Gasteiger partial charge in [-0.2, -0.15) is 9.97 Å². The lowest BCUT2D eigenvalue weighted by Gasteiger charge is -2.46. The van der Waals surface area contributed by atoms with Crippen LogP contribution in [0.4, 0.5) is 11.8 Å². The van der Waals surface area contributed by atoms with Crippen LogP contribution < -0.4 is 14.5 Å². The largest absolute Gasteiger partial charge is 0.496 e. The van der Waals surface area contributed by atoms with Crippen molar-refractivity contribution in [1.82, 2.24) is 15.0 Å². The summed E-state index contributed by atoms with van der Waals surface area (Å²) in [5.74, 6) is 2.30. The fraction of sp³-hybridized carbons (Fsp3) is 0.519. The molecule has 4 aliphatic heterocycles. The quantitative estimate of drug-likeness (QED) is 0.558. The van der Waals surface area contributed by atoms with Gasteiger partial charge in [-0.1, -0.05) is 0 Å². The van der Waals surface area contributed by atoms with E-state index in [9.17, 15) is 5.11 Å². The molecule has 0 saturated carbocycles. The summed E-state index contributed by atoms with van der Waals surface area (Å²) >= 11 is 0. The van der Waals surface area contributed by atoms with Gasteiger partial charge < -0.3 is 29.1 Å². The van der Waals surface area contributed by atoms with Gasteiger partial charge in [0.15, 0.2) is 5.65 Å². The van der Waals surface area contributed by atoms with E-state index in [2.05, 4.69) is 22.9 Å². The Bertz CT molecular complexity index is 1240. The van der Waals surface area contributed by atoms with Gasteiger partial charge >= 0.3 is 0 Å². The van der Waals surface area contributed by atoms with E-state index in [1.54, 1.807) is 7.11 Å². The van der Waals surface area contributed by atoms with Crippen LogP contribution in [0.25, 0.3) is 22.3 Å². The molecule has 1 N–H and O–H groups in total. The SMILES string of the molecule is COc1ccc(-c2ccc3c(N4CC5CCC4CO5)nc(N(C)C4CCOCC4)nc3n2)cc1CO. The second kappa shape index (κ2) is 9.80. The van der Waals surface area contributed by atoms with Crippen molar-refractivity contribution in [2.45, 2.75) is 50.5 Å². The number of rotatable bonds is 6. The highest BCUT2D eigenvalue weighted by atomic mass is 16.5. The van der Waals surface area contributed by atoms with E-state index in [1.807, 2.05) is 24.3 Å². The summed E-state index contributed by atoms with van der Waals surface area (Å²) in [7, 11) is 3.68. The number of hydrogen-bond donors (Lipinski definition) is 1. The van der Waals surface area contributed by atoms with Crippen molar-refractivity contribution in [3.63, 3.8) is 0 Å². The van der Waals surface area contributed by atoms with E-state index >= 15 is 0 Å². The van der Waals surface area contributed by atoms with Crippen molar-refractivity contribution in [1.29, 1.82) is 0 Å². The van der Waals surface area contributed by atoms with Crippen LogP contribution in [-0.2, 0) is 16.1 Å². The highest BCUT2D eigenvalue weighted by Crippen LogP contribution is 2.36. The van der Waals surface area contributed by atoms with Crippen molar-refractivity contribution < 1.29 is 19.3 Å². The number of aliphatic hydroxyl groups is 1. The molecule has 7 rings (SSSR count). The van der Waals surface area contributed by atoms with Gasteiger partial charge in [-0.05, 0) is 56.0 Å². The summed E-state index contributed by atoms with van der Waals surface area (Å²) in [4.78, 5) is 19.7. The fourth-order valence-electron chi connectivity index (χ4n) is 5.63. The van der Waals surface area contributed by atoms with E-state index in [1.165, 1.54) is 0 Å². The van der Waals surface area contributed by atoms with E-state index in [0.717, 1.165) is 80.1 Å². The number of benzene rings is 1. The molecule has 1 aromatic carbocycles. The fourth-order valence-corrected chi connectivity index (χ4v) is 5.63. The average molecular weight is 492 g/mol. The van der Waals surface area contributed by atoms with Crippen molar-refractivity contribution in [3.8, 4) is 17.0 Å². The number of fused-ring (bicyclic) bond motifs is 4. The molecular formula is C27H33N5O4. The smallest absolute Gasteiger partial charge is 0.229 e. The van der Waals surface area contributed by atoms with Crippen LogP contribution in [-0.4, -0.2) is 78.8 Å². The first-order chi connectivity index (χ1) is 17.6. The van der Waals surface area contributed by atoms with Gasteiger partial charge in [0.1, 0.15) is 11.6 Å². The molecule has 0 spiro atoms. The summed E-state index contributed by atoms with van der Waals surface area (Å²) in [5, 5.41) is 10.7. The molecule has 6 heterocycles. The Kier molecular flexibility index (Phi) is 6.37. The third-order valence-electron chi connectivity index (χ3n) is 7.79. The van der Waals surface area contributed by atoms with Gasteiger partial charge in [0, 0.05) is 44.0 Å². The Morgan fingerprint density at radius 2 is 1.94 bits per heavy atom. The number of piperidine rings is 1. The zero-order valence-corrected chi connectivity index (χ0v) is 20.9. The van der Waals surface area contributed by atoms with Gasteiger partial charge in [-0.15, -0.1) is 0 Å². The third-order valence-corrected chi connectivity index (χ3v) is 7.79. The Morgan fingerprint density at radius 1 is 1.08 bits per heavy atom. The predicted octanol–water partition coefficient (Wildman–Crippen LogP) is 3.18. The Morgan fingerprint density at radius 3 is 2.64 bits per heavy atom. The molecule has 4 aliphatic rings. The van der Waals surface area contributed by atoms with Crippen molar-refractivity contribution >= 4 is 22.8 Å². The van der Waals surface area contributed by atoms with Gasteiger partial charge in [0.2, 0.25) is 5.95 Å². The minimum Gasteiger partial charge on any atom is -0.496 e. The molecule has 9 heteroatoms. The molecule has 2 unspecified atom stereocenters. The maximum Gasteiger partial charge on any atom is 0.229 e. The first-order valence-electron chi connectivity index (χ1n) is 12.8. The lowest BCUT2D eigenvalue weighted by Crippen LogP contribution is -2.55. The predicted molar refractivity (Wildman–Crippen MR) is 138 cm³/mol. The number of aliphatic hydroxyl groups excluding tert-OH is 1. The van der Waals surface area contributed by atoms with Gasteiger partial charge in [0.25, 0.3) is 0 Å². The first kappa shape index (κ1) is 23.4. The molecule has 0 aliphatic carbocycles. The minimum absolute atomic E-state index is 0.101. The zero-order chi connectivity index (χ0) is 24.6. The lowest BCUT2D eigenvalue weighted by molar-refractivity contribution is -0.0227. The van der Waals surface area contributed by atoms with Crippen molar-refractivity contribution in [3.05, 3.63) is 35.9 Å². The van der Waals surface area contributed by atoms with Crippen LogP contribution >= 0.6 is 0 Å². The minimum atomic E-state index is -0.101. The van der Waals surface area contributed by atoms with Crippen LogP contribution in [0.1, 0.15) is 31.2 Å². The Labute approximate surface area is 211 Å². The molecule has 2 atom stereocenters. The zero-order valence-electron chi connectivity index (χ0n) is 20.9. The highest BCUT2D eigenvalue weighted by molar-refractivity contribution is 5.90. The van der Waals surface area contributed by atoms with Gasteiger partial charge in [-0.25, -0.2) is 4.98 Å². The van der Waals surface area contributed by atoms with E-state index in [4.69, 9.17) is 29.2 Å². The van der Waals surface area contributed by atoms with Crippen LogP contribution in [0, 0.1) is 0 Å². The molecule has 36 heavy (non-hydrogen) atoms. The molecule has 190 valence electrons. The van der Waals surface area contributed by atoms with E-state index in [0.29, 0.717) is 29.4 Å².